The van der Waals surface area contributed by atoms with Crippen molar-refractivity contribution in [3.63, 3.8) is 0 Å². The van der Waals surface area contributed by atoms with Crippen LogP contribution < -0.4 is 15.0 Å². The second kappa shape index (κ2) is 13.1. The molecule has 0 spiro atoms. The van der Waals surface area contributed by atoms with Gasteiger partial charge in [-0.3, -0.25) is 9.59 Å². The number of carbonyl (C=O) groups excluding carboxylic acids is 2. The Bertz CT molecular complexity index is 1460. The standard InChI is InChI=1S/C35H36ClN3O3/c1-3-24-42-30-17-14-26(15-18-30)33(40)39-22-20-38(21-23-39)32-19-16-29(25-31(32)36)37-34(41)35(2,27-10-6-4-7-11-27)28-12-8-5-9-13-28/h4-19,25H,3,20-24H2,1-2H3,(H,37,41). The third-order valence-corrected chi connectivity index (χ3v) is 8.15. The molecule has 4 aromatic rings. The number of benzene rings is 4. The Morgan fingerprint density at radius 1 is 0.833 bits per heavy atom. The highest BCUT2D eigenvalue weighted by molar-refractivity contribution is 6.33. The van der Waals surface area contributed by atoms with Gasteiger partial charge in [-0.1, -0.05) is 79.2 Å². The summed E-state index contributed by atoms with van der Waals surface area (Å²) >= 11 is 6.75. The van der Waals surface area contributed by atoms with Gasteiger partial charge in [0.25, 0.3) is 5.91 Å². The largest absolute Gasteiger partial charge is 0.494 e. The van der Waals surface area contributed by atoms with Gasteiger partial charge in [0, 0.05) is 37.4 Å². The van der Waals surface area contributed by atoms with Crippen LogP contribution in [0, 0.1) is 0 Å². The van der Waals surface area contributed by atoms with Crippen molar-refractivity contribution in [1.29, 1.82) is 0 Å². The molecule has 0 unspecified atom stereocenters. The summed E-state index contributed by atoms with van der Waals surface area (Å²) in [5, 5.41) is 3.65. The molecule has 1 aliphatic heterocycles. The molecule has 42 heavy (non-hydrogen) atoms. The van der Waals surface area contributed by atoms with Gasteiger partial charge in [-0.05, 0) is 66.9 Å². The summed E-state index contributed by atoms with van der Waals surface area (Å²) in [4.78, 5) is 30.9. The number of hydrogen-bond donors (Lipinski definition) is 1. The highest BCUT2D eigenvalue weighted by atomic mass is 35.5. The van der Waals surface area contributed by atoms with E-state index in [1.54, 1.807) is 6.07 Å². The summed E-state index contributed by atoms with van der Waals surface area (Å²) in [6.07, 6.45) is 0.939. The third-order valence-electron chi connectivity index (χ3n) is 7.84. The molecule has 2 amide bonds. The lowest BCUT2D eigenvalue weighted by atomic mass is 9.75. The van der Waals surface area contributed by atoms with Crippen LogP contribution in [0.1, 0.15) is 41.8 Å². The van der Waals surface area contributed by atoms with Crippen molar-refractivity contribution in [3.8, 4) is 5.75 Å². The quantitative estimate of drug-likeness (QED) is 0.230. The maximum Gasteiger partial charge on any atom is 0.253 e. The van der Waals surface area contributed by atoms with Crippen LogP contribution in [0.4, 0.5) is 11.4 Å². The van der Waals surface area contributed by atoms with Gasteiger partial charge in [0.15, 0.2) is 0 Å². The maximum absolute atomic E-state index is 13.8. The monoisotopic (exact) mass is 581 g/mol. The van der Waals surface area contributed by atoms with Crippen molar-refractivity contribution in [2.45, 2.75) is 25.7 Å². The average molecular weight is 582 g/mol. The van der Waals surface area contributed by atoms with Gasteiger partial charge >= 0.3 is 0 Å². The summed E-state index contributed by atoms with van der Waals surface area (Å²) in [5.74, 6) is 0.652. The van der Waals surface area contributed by atoms with Crippen LogP contribution in [0.3, 0.4) is 0 Å². The van der Waals surface area contributed by atoms with Gasteiger partial charge in [-0.15, -0.1) is 0 Å². The minimum Gasteiger partial charge on any atom is -0.494 e. The molecule has 1 N–H and O–H groups in total. The van der Waals surface area contributed by atoms with E-state index in [2.05, 4.69) is 17.1 Å². The van der Waals surface area contributed by atoms with E-state index in [0.29, 0.717) is 49.1 Å². The van der Waals surface area contributed by atoms with Crippen molar-refractivity contribution in [2.24, 2.45) is 0 Å². The molecule has 7 heteroatoms. The van der Waals surface area contributed by atoms with Crippen molar-refractivity contribution in [1.82, 2.24) is 4.90 Å². The molecule has 1 heterocycles. The Morgan fingerprint density at radius 3 is 1.98 bits per heavy atom. The van der Waals surface area contributed by atoms with Crippen molar-refractivity contribution in [2.75, 3.05) is 43.0 Å². The van der Waals surface area contributed by atoms with Crippen LogP contribution in [0.25, 0.3) is 0 Å². The number of ether oxygens (including phenoxy) is 1. The maximum atomic E-state index is 13.8. The summed E-state index contributed by atoms with van der Waals surface area (Å²) in [6.45, 7) is 7.17. The van der Waals surface area contributed by atoms with Crippen molar-refractivity contribution >= 4 is 34.8 Å². The second-order valence-corrected chi connectivity index (χ2v) is 11.0. The zero-order valence-electron chi connectivity index (χ0n) is 24.1. The Labute approximate surface area is 252 Å². The molecule has 6 nitrogen and oxygen atoms in total. The normalized spacial score (nSPS) is 13.5. The second-order valence-electron chi connectivity index (χ2n) is 10.6. The first-order valence-corrected chi connectivity index (χ1v) is 14.8. The number of amides is 2. The molecule has 0 saturated carbocycles. The molecule has 4 aromatic carbocycles. The first kappa shape index (κ1) is 29.2. The predicted molar refractivity (Wildman–Crippen MR) is 170 cm³/mol. The SMILES string of the molecule is CCCOc1ccc(C(=O)N2CCN(c3ccc(NC(=O)C(C)(c4ccccc4)c4ccccc4)cc3Cl)CC2)cc1. The zero-order valence-corrected chi connectivity index (χ0v) is 24.8. The molecule has 1 fully saturated rings. The van der Waals surface area contributed by atoms with Gasteiger partial charge in [0.05, 0.1) is 22.7 Å². The molecular weight excluding hydrogens is 546 g/mol. The topological polar surface area (TPSA) is 61.9 Å². The van der Waals surface area contributed by atoms with Crippen LogP contribution in [0.15, 0.2) is 103 Å². The fraction of sp³-hybridized carbons (Fsp3) is 0.257. The molecule has 0 radical (unpaired) electrons. The molecule has 5 rings (SSSR count). The number of carbonyl (C=O) groups is 2. The van der Waals surface area contributed by atoms with Gasteiger partial charge in [0.1, 0.15) is 5.75 Å². The summed E-state index contributed by atoms with van der Waals surface area (Å²) < 4.78 is 5.63. The number of anilines is 2. The zero-order chi connectivity index (χ0) is 29.5. The van der Waals surface area contributed by atoms with E-state index in [-0.39, 0.29) is 11.8 Å². The first-order chi connectivity index (χ1) is 20.4. The van der Waals surface area contributed by atoms with Crippen LogP contribution >= 0.6 is 11.6 Å². The Hall–Kier alpha value is -4.29. The third kappa shape index (κ3) is 6.29. The Morgan fingerprint density at radius 2 is 1.43 bits per heavy atom. The van der Waals surface area contributed by atoms with Crippen LogP contribution in [0.5, 0.6) is 5.75 Å². The number of hydrogen-bond acceptors (Lipinski definition) is 4. The lowest BCUT2D eigenvalue weighted by Crippen LogP contribution is -2.48. The molecule has 0 atom stereocenters. The van der Waals surface area contributed by atoms with E-state index in [1.165, 1.54) is 0 Å². The van der Waals surface area contributed by atoms with Crippen LogP contribution in [-0.4, -0.2) is 49.5 Å². The van der Waals surface area contributed by atoms with Gasteiger partial charge in [-0.25, -0.2) is 0 Å². The highest BCUT2D eigenvalue weighted by Crippen LogP contribution is 2.35. The number of nitrogens with zero attached hydrogens (tertiary/aromatic N) is 2. The lowest BCUT2D eigenvalue weighted by Gasteiger charge is -2.36. The number of halogens is 1. The Balaban J connectivity index is 1.24. The fourth-order valence-corrected chi connectivity index (χ4v) is 5.62. The predicted octanol–water partition coefficient (Wildman–Crippen LogP) is 7.04. The van der Waals surface area contributed by atoms with Crippen LogP contribution in [0.2, 0.25) is 5.02 Å². The molecule has 1 saturated heterocycles. The van der Waals surface area contributed by atoms with Gasteiger partial charge in [-0.2, -0.15) is 0 Å². The number of piperazine rings is 1. The van der Waals surface area contributed by atoms with Gasteiger partial charge < -0.3 is 19.9 Å². The van der Waals surface area contributed by atoms with E-state index >= 15 is 0 Å². The van der Waals surface area contributed by atoms with Gasteiger partial charge in [0.2, 0.25) is 5.91 Å². The average Bonchev–Trinajstić information content (AvgIpc) is 3.04. The molecule has 0 aliphatic carbocycles. The molecular formula is C35H36ClN3O3. The van der Waals surface area contributed by atoms with E-state index < -0.39 is 5.41 Å². The highest BCUT2D eigenvalue weighted by Gasteiger charge is 2.37. The van der Waals surface area contributed by atoms with E-state index in [1.807, 2.05) is 109 Å². The summed E-state index contributed by atoms with van der Waals surface area (Å²) in [6, 6.07) is 32.5. The van der Waals surface area contributed by atoms with Crippen molar-refractivity contribution in [3.05, 3.63) is 125 Å². The fourth-order valence-electron chi connectivity index (χ4n) is 5.32. The smallest absolute Gasteiger partial charge is 0.253 e. The first-order valence-electron chi connectivity index (χ1n) is 14.4. The van der Waals surface area contributed by atoms with E-state index in [4.69, 9.17) is 16.3 Å². The van der Waals surface area contributed by atoms with Crippen molar-refractivity contribution < 1.29 is 14.3 Å². The minimum absolute atomic E-state index is 0.0146. The molecule has 1 aliphatic rings. The van der Waals surface area contributed by atoms with Crippen LogP contribution in [-0.2, 0) is 10.2 Å². The summed E-state index contributed by atoms with van der Waals surface area (Å²) in [7, 11) is 0. The lowest BCUT2D eigenvalue weighted by molar-refractivity contribution is -0.119. The van der Waals surface area contributed by atoms with E-state index in [9.17, 15) is 9.59 Å². The van der Waals surface area contributed by atoms with E-state index in [0.717, 1.165) is 29.0 Å². The summed E-state index contributed by atoms with van der Waals surface area (Å²) in [5.41, 5.74) is 3.09. The molecule has 0 bridgehead atoms. The molecule has 216 valence electrons. The Kier molecular flexibility index (Phi) is 9.13. The number of nitrogens with one attached hydrogen (secondary N) is 1. The minimum atomic E-state index is -0.889. The molecule has 0 aromatic heterocycles. The number of rotatable bonds is 9.